The molecule has 19 heavy (non-hydrogen) atoms. The van der Waals surface area contributed by atoms with E-state index in [0.717, 1.165) is 18.8 Å². The lowest BCUT2D eigenvalue weighted by atomic mass is 10.1. The molecule has 0 aliphatic heterocycles. The van der Waals surface area contributed by atoms with E-state index in [4.69, 9.17) is 4.74 Å². The number of hydrogen-bond donors (Lipinski definition) is 1. The molecule has 1 heterocycles. The molecule has 1 rings (SSSR count). The summed E-state index contributed by atoms with van der Waals surface area (Å²) in [5.74, 6) is 0.711. The van der Waals surface area contributed by atoms with Crippen molar-refractivity contribution in [3.8, 4) is 5.88 Å². The lowest BCUT2D eigenvalue weighted by Crippen LogP contribution is -2.43. The van der Waals surface area contributed by atoms with Crippen LogP contribution >= 0.6 is 0 Å². The van der Waals surface area contributed by atoms with Gasteiger partial charge in [-0.2, -0.15) is 0 Å². The van der Waals surface area contributed by atoms with Crippen LogP contribution in [0.25, 0.3) is 0 Å². The Kier molecular flexibility index (Phi) is 5.76. The highest BCUT2D eigenvalue weighted by Gasteiger charge is 2.21. The predicted octanol–water partition coefficient (Wildman–Crippen LogP) is 2.22. The van der Waals surface area contributed by atoms with E-state index < -0.39 is 0 Å². The Labute approximate surface area is 117 Å². The molecule has 0 aliphatic carbocycles. The standard InChI is InChI=1S/C15H27N3O/c1-7-16-10-13-8-12(2)17-14(9-13)19-11-15(3,4)18(5)6/h8-9,16H,7,10-11H2,1-6H3. The quantitative estimate of drug-likeness (QED) is 0.820. The predicted molar refractivity (Wildman–Crippen MR) is 79.6 cm³/mol. The summed E-state index contributed by atoms with van der Waals surface area (Å²) in [6.45, 7) is 10.9. The average Bonchev–Trinajstić information content (AvgIpc) is 2.33. The second kappa shape index (κ2) is 6.87. The SMILES string of the molecule is CCNCc1cc(C)nc(OCC(C)(C)N(C)C)c1. The number of nitrogens with zero attached hydrogens (tertiary/aromatic N) is 2. The van der Waals surface area contributed by atoms with Gasteiger partial charge >= 0.3 is 0 Å². The lowest BCUT2D eigenvalue weighted by molar-refractivity contribution is 0.111. The molecule has 4 nitrogen and oxygen atoms in total. The maximum atomic E-state index is 5.85. The molecule has 1 N–H and O–H groups in total. The number of pyridine rings is 1. The van der Waals surface area contributed by atoms with Crippen LogP contribution < -0.4 is 10.1 Å². The zero-order chi connectivity index (χ0) is 14.5. The van der Waals surface area contributed by atoms with Crippen LogP contribution in [0.1, 0.15) is 32.0 Å². The molecule has 0 aliphatic rings. The molecule has 0 unspecified atom stereocenters. The summed E-state index contributed by atoms with van der Waals surface area (Å²) >= 11 is 0. The van der Waals surface area contributed by atoms with Gasteiger partial charge in [-0.05, 0) is 53.0 Å². The second-order valence-corrected chi connectivity index (χ2v) is 5.73. The maximum absolute atomic E-state index is 5.85. The third-order valence-electron chi connectivity index (χ3n) is 3.35. The van der Waals surface area contributed by atoms with Crippen molar-refractivity contribution < 1.29 is 4.74 Å². The molecule has 0 amide bonds. The molecule has 0 fully saturated rings. The monoisotopic (exact) mass is 265 g/mol. The van der Waals surface area contributed by atoms with Crippen molar-refractivity contribution in [3.05, 3.63) is 23.4 Å². The van der Waals surface area contributed by atoms with Crippen LogP contribution in [0, 0.1) is 6.92 Å². The Morgan fingerprint density at radius 2 is 2.00 bits per heavy atom. The molecule has 0 spiro atoms. The number of likely N-dealkylation sites (N-methyl/N-ethyl adjacent to an activating group) is 1. The van der Waals surface area contributed by atoms with Gasteiger partial charge in [0.1, 0.15) is 6.61 Å². The highest BCUT2D eigenvalue weighted by Crippen LogP contribution is 2.16. The minimum Gasteiger partial charge on any atom is -0.476 e. The van der Waals surface area contributed by atoms with Gasteiger partial charge in [-0.3, -0.25) is 0 Å². The largest absolute Gasteiger partial charge is 0.476 e. The topological polar surface area (TPSA) is 37.4 Å². The summed E-state index contributed by atoms with van der Waals surface area (Å²) in [6.07, 6.45) is 0. The molecule has 0 atom stereocenters. The number of nitrogens with one attached hydrogen (secondary N) is 1. The molecular formula is C15H27N3O. The molecule has 1 aromatic heterocycles. The van der Waals surface area contributed by atoms with Crippen LogP contribution in [0.3, 0.4) is 0 Å². The van der Waals surface area contributed by atoms with Crippen LogP contribution in [0.2, 0.25) is 0 Å². The fourth-order valence-electron chi connectivity index (χ4n) is 1.53. The van der Waals surface area contributed by atoms with Crippen LogP contribution in [0.4, 0.5) is 0 Å². The zero-order valence-electron chi connectivity index (χ0n) is 13.1. The van der Waals surface area contributed by atoms with Crippen molar-refractivity contribution in [1.29, 1.82) is 0 Å². The Hall–Kier alpha value is -1.13. The Morgan fingerprint density at radius 3 is 2.58 bits per heavy atom. The van der Waals surface area contributed by atoms with Crippen molar-refractivity contribution in [2.24, 2.45) is 0 Å². The number of ether oxygens (including phenoxy) is 1. The van der Waals surface area contributed by atoms with Gasteiger partial charge < -0.3 is 15.0 Å². The van der Waals surface area contributed by atoms with Gasteiger partial charge in [0.2, 0.25) is 5.88 Å². The summed E-state index contributed by atoms with van der Waals surface area (Å²) in [6, 6.07) is 4.11. The molecule has 1 aromatic rings. The third-order valence-corrected chi connectivity index (χ3v) is 3.35. The van der Waals surface area contributed by atoms with Crippen molar-refractivity contribution in [1.82, 2.24) is 15.2 Å². The number of hydrogen-bond acceptors (Lipinski definition) is 4. The van der Waals surface area contributed by atoms with E-state index in [2.05, 4.69) is 56.1 Å². The van der Waals surface area contributed by atoms with E-state index in [-0.39, 0.29) is 5.54 Å². The van der Waals surface area contributed by atoms with Gasteiger partial charge in [0.25, 0.3) is 0 Å². The molecule has 0 saturated carbocycles. The van der Waals surface area contributed by atoms with Crippen LogP contribution in [0.15, 0.2) is 12.1 Å². The molecule has 0 bridgehead atoms. The summed E-state index contributed by atoms with van der Waals surface area (Å²) < 4.78 is 5.85. The van der Waals surface area contributed by atoms with Crippen molar-refractivity contribution >= 4 is 0 Å². The fourth-order valence-corrected chi connectivity index (χ4v) is 1.53. The van der Waals surface area contributed by atoms with Gasteiger partial charge in [0, 0.05) is 23.8 Å². The van der Waals surface area contributed by atoms with Crippen molar-refractivity contribution in [3.63, 3.8) is 0 Å². The first-order chi connectivity index (χ1) is 8.85. The van der Waals surface area contributed by atoms with Crippen LogP contribution in [-0.4, -0.2) is 42.7 Å². The number of rotatable bonds is 7. The first-order valence-electron chi connectivity index (χ1n) is 6.83. The third kappa shape index (κ3) is 5.17. The van der Waals surface area contributed by atoms with E-state index in [9.17, 15) is 0 Å². The van der Waals surface area contributed by atoms with Gasteiger partial charge in [0.15, 0.2) is 0 Å². The van der Waals surface area contributed by atoms with Gasteiger partial charge in [-0.25, -0.2) is 4.98 Å². The molecule has 0 saturated heterocycles. The Morgan fingerprint density at radius 1 is 1.32 bits per heavy atom. The number of aromatic nitrogens is 1. The summed E-state index contributed by atoms with van der Waals surface area (Å²) in [5.41, 5.74) is 2.20. The Balaban J connectivity index is 2.70. The first-order valence-corrected chi connectivity index (χ1v) is 6.83. The maximum Gasteiger partial charge on any atom is 0.213 e. The molecule has 0 aromatic carbocycles. The molecular weight excluding hydrogens is 238 g/mol. The van der Waals surface area contributed by atoms with E-state index in [0.29, 0.717) is 12.5 Å². The van der Waals surface area contributed by atoms with Gasteiger partial charge in [0.05, 0.1) is 0 Å². The molecule has 4 heteroatoms. The minimum absolute atomic E-state index is 0.00669. The second-order valence-electron chi connectivity index (χ2n) is 5.73. The Bertz CT molecular complexity index is 402. The van der Waals surface area contributed by atoms with Crippen molar-refractivity contribution in [2.45, 2.75) is 39.8 Å². The highest BCUT2D eigenvalue weighted by molar-refractivity contribution is 5.24. The smallest absolute Gasteiger partial charge is 0.213 e. The lowest BCUT2D eigenvalue weighted by Gasteiger charge is -2.32. The van der Waals surface area contributed by atoms with Crippen molar-refractivity contribution in [2.75, 3.05) is 27.2 Å². The van der Waals surface area contributed by atoms with E-state index >= 15 is 0 Å². The average molecular weight is 265 g/mol. The van der Waals surface area contributed by atoms with Crippen LogP contribution in [0.5, 0.6) is 5.88 Å². The van der Waals surface area contributed by atoms with Gasteiger partial charge in [-0.1, -0.05) is 6.92 Å². The summed E-state index contributed by atoms with van der Waals surface area (Å²) in [4.78, 5) is 6.59. The van der Waals surface area contributed by atoms with E-state index in [1.165, 1.54) is 5.56 Å². The minimum atomic E-state index is -0.00669. The first kappa shape index (κ1) is 15.9. The normalized spacial score (nSPS) is 11.9. The molecule has 0 radical (unpaired) electrons. The summed E-state index contributed by atoms with van der Waals surface area (Å²) in [5, 5.41) is 3.32. The van der Waals surface area contributed by atoms with E-state index in [1.807, 2.05) is 13.0 Å². The molecule has 108 valence electrons. The summed E-state index contributed by atoms with van der Waals surface area (Å²) in [7, 11) is 4.12. The highest BCUT2D eigenvalue weighted by atomic mass is 16.5. The van der Waals surface area contributed by atoms with Crippen LogP contribution in [-0.2, 0) is 6.54 Å². The zero-order valence-corrected chi connectivity index (χ0v) is 13.1. The van der Waals surface area contributed by atoms with Gasteiger partial charge in [-0.15, -0.1) is 0 Å². The van der Waals surface area contributed by atoms with E-state index in [1.54, 1.807) is 0 Å². The fraction of sp³-hybridized carbons (Fsp3) is 0.667. The number of aryl methyl sites for hydroxylation is 1.